The summed E-state index contributed by atoms with van der Waals surface area (Å²) in [7, 11) is 0. The smallest absolute Gasteiger partial charge is 0.230 e. The number of hydrogen-bond acceptors (Lipinski definition) is 2. The molecule has 2 aliphatic heterocycles. The van der Waals surface area contributed by atoms with Crippen molar-refractivity contribution in [1.82, 2.24) is 5.32 Å². The molecule has 4 rings (SSSR count). The number of fused-ring (bicyclic) bond motifs is 1. The van der Waals surface area contributed by atoms with Gasteiger partial charge in [-0.2, -0.15) is 0 Å². The third-order valence-corrected chi connectivity index (χ3v) is 7.39. The average Bonchev–Trinajstić information content (AvgIpc) is 3.16. The normalized spacial score (nSPS) is 27.6. The number of nitrogens with zero attached hydrogens (tertiary/aromatic N) is 1. The number of unbranched alkanes of at least 4 members (excludes halogenated alkanes) is 1. The van der Waals surface area contributed by atoms with Crippen LogP contribution in [0.25, 0.3) is 0 Å². The van der Waals surface area contributed by atoms with Crippen LogP contribution in [-0.2, 0) is 17.6 Å². The summed E-state index contributed by atoms with van der Waals surface area (Å²) in [5.74, 6) is 2.30. The van der Waals surface area contributed by atoms with Crippen LogP contribution < -0.4 is 10.2 Å². The minimum Gasteiger partial charge on any atom is -0.316 e. The minimum atomic E-state index is 0.261. The lowest BCUT2D eigenvalue weighted by atomic mass is 9.79. The van der Waals surface area contributed by atoms with E-state index in [-0.39, 0.29) is 5.92 Å². The Hall–Kier alpha value is -1.35. The van der Waals surface area contributed by atoms with Crippen molar-refractivity contribution < 1.29 is 4.79 Å². The van der Waals surface area contributed by atoms with Gasteiger partial charge in [-0.15, -0.1) is 0 Å². The molecule has 1 atom stereocenters. The summed E-state index contributed by atoms with van der Waals surface area (Å²) < 4.78 is 0. The van der Waals surface area contributed by atoms with Crippen LogP contribution in [0.15, 0.2) is 18.2 Å². The van der Waals surface area contributed by atoms with E-state index in [9.17, 15) is 4.79 Å². The van der Waals surface area contributed by atoms with Crippen LogP contribution in [0.2, 0.25) is 0 Å². The molecule has 3 nitrogen and oxygen atoms in total. The highest BCUT2D eigenvalue weighted by atomic mass is 16.2. The predicted molar refractivity (Wildman–Crippen MR) is 117 cm³/mol. The van der Waals surface area contributed by atoms with Gasteiger partial charge in [0.1, 0.15) is 0 Å². The number of carbonyl (C=O) groups is 1. The van der Waals surface area contributed by atoms with E-state index in [1.54, 1.807) is 0 Å². The van der Waals surface area contributed by atoms with Crippen molar-refractivity contribution >= 4 is 11.6 Å². The average molecular weight is 383 g/mol. The summed E-state index contributed by atoms with van der Waals surface area (Å²) in [6.07, 6.45) is 13.6. The predicted octanol–water partition coefficient (Wildman–Crippen LogP) is 5.11. The quantitative estimate of drug-likeness (QED) is 0.741. The molecule has 1 aromatic carbocycles. The fraction of sp³-hybridized carbons (Fsp3) is 0.720. The molecule has 1 aromatic rings. The molecule has 1 unspecified atom stereocenters. The topological polar surface area (TPSA) is 32.3 Å². The van der Waals surface area contributed by atoms with E-state index in [0.29, 0.717) is 5.91 Å². The van der Waals surface area contributed by atoms with Crippen LogP contribution in [0.5, 0.6) is 0 Å². The molecule has 0 bridgehead atoms. The maximum absolute atomic E-state index is 13.2. The van der Waals surface area contributed by atoms with E-state index in [4.69, 9.17) is 0 Å². The molecule has 3 heteroatoms. The third kappa shape index (κ3) is 4.62. The van der Waals surface area contributed by atoms with E-state index in [2.05, 4.69) is 35.3 Å². The maximum Gasteiger partial charge on any atom is 0.230 e. The number of carbonyl (C=O) groups excluding carboxylic acids is 1. The van der Waals surface area contributed by atoms with Gasteiger partial charge in [0.25, 0.3) is 0 Å². The van der Waals surface area contributed by atoms with Gasteiger partial charge in [0, 0.05) is 18.2 Å². The number of piperidine rings is 1. The van der Waals surface area contributed by atoms with E-state index in [0.717, 1.165) is 44.2 Å². The lowest BCUT2D eigenvalue weighted by Gasteiger charge is -2.31. The maximum atomic E-state index is 13.2. The second kappa shape index (κ2) is 9.43. The Kier molecular flexibility index (Phi) is 6.72. The van der Waals surface area contributed by atoms with Crippen molar-refractivity contribution in [3.05, 3.63) is 29.3 Å². The van der Waals surface area contributed by atoms with Crippen LogP contribution in [0, 0.1) is 17.8 Å². The molecule has 3 aliphatic rings. The van der Waals surface area contributed by atoms with Crippen LogP contribution >= 0.6 is 0 Å². The second-order valence-corrected chi connectivity index (χ2v) is 9.48. The molecule has 1 saturated carbocycles. The summed E-state index contributed by atoms with van der Waals surface area (Å²) in [4.78, 5) is 15.3. The molecule has 154 valence electrons. The van der Waals surface area contributed by atoms with Crippen molar-refractivity contribution in [2.45, 2.75) is 77.6 Å². The van der Waals surface area contributed by atoms with Gasteiger partial charge in [0.15, 0.2) is 0 Å². The van der Waals surface area contributed by atoms with Crippen LogP contribution in [0.4, 0.5) is 5.69 Å². The fourth-order valence-corrected chi connectivity index (χ4v) is 5.65. The molecule has 1 aliphatic carbocycles. The zero-order valence-electron chi connectivity index (χ0n) is 17.7. The highest BCUT2D eigenvalue weighted by molar-refractivity contribution is 5.97. The standard InChI is InChI=1S/C25H38N2O/c1-2-3-5-19-7-10-22(11-8-19)25(28)27-15-13-23-17-20(9-12-24(23)27)16-21-6-4-14-26-18-21/h9,12,17,19,21-22,26H,2-8,10-11,13-16,18H2,1H3. The van der Waals surface area contributed by atoms with E-state index in [1.807, 2.05) is 0 Å². The summed E-state index contributed by atoms with van der Waals surface area (Å²) in [5.41, 5.74) is 4.05. The Morgan fingerprint density at radius 2 is 2.00 bits per heavy atom. The molecule has 1 N–H and O–H groups in total. The van der Waals surface area contributed by atoms with Crippen molar-refractivity contribution in [1.29, 1.82) is 0 Å². The molecule has 28 heavy (non-hydrogen) atoms. The highest BCUT2D eigenvalue weighted by Crippen LogP contribution is 2.36. The number of hydrogen-bond donors (Lipinski definition) is 1. The Labute approximate surface area is 171 Å². The number of benzene rings is 1. The zero-order chi connectivity index (χ0) is 19.3. The Morgan fingerprint density at radius 3 is 2.75 bits per heavy atom. The number of amides is 1. The molecular weight excluding hydrogens is 344 g/mol. The van der Waals surface area contributed by atoms with Gasteiger partial charge in [-0.05, 0) is 93.5 Å². The summed E-state index contributed by atoms with van der Waals surface area (Å²) >= 11 is 0. The molecule has 2 heterocycles. The van der Waals surface area contributed by atoms with E-state index >= 15 is 0 Å². The third-order valence-electron chi connectivity index (χ3n) is 7.39. The van der Waals surface area contributed by atoms with Crippen LogP contribution in [0.3, 0.4) is 0 Å². The molecule has 1 amide bonds. The van der Waals surface area contributed by atoms with Crippen molar-refractivity contribution in [3.8, 4) is 0 Å². The molecule has 0 radical (unpaired) electrons. The monoisotopic (exact) mass is 382 g/mol. The molecular formula is C25H38N2O. The van der Waals surface area contributed by atoms with Crippen molar-refractivity contribution in [3.63, 3.8) is 0 Å². The minimum absolute atomic E-state index is 0.261. The van der Waals surface area contributed by atoms with Crippen LogP contribution in [0.1, 0.15) is 75.8 Å². The molecule has 2 fully saturated rings. The number of rotatable bonds is 6. The lowest BCUT2D eigenvalue weighted by Crippen LogP contribution is -2.36. The highest BCUT2D eigenvalue weighted by Gasteiger charge is 2.33. The summed E-state index contributed by atoms with van der Waals surface area (Å²) in [6, 6.07) is 6.90. The Morgan fingerprint density at radius 1 is 1.14 bits per heavy atom. The van der Waals surface area contributed by atoms with E-state index in [1.165, 1.54) is 74.7 Å². The van der Waals surface area contributed by atoms with Gasteiger partial charge in [0.05, 0.1) is 0 Å². The van der Waals surface area contributed by atoms with Crippen LogP contribution in [-0.4, -0.2) is 25.5 Å². The first-order chi connectivity index (χ1) is 13.7. The van der Waals surface area contributed by atoms with Gasteiger partial charge in [-0.3, -0.25) is 4.79 Å². The summed E-state index contributed by atoms with van der Waals surface area (Å²) in [5, 5.41) is 3.53. The number of anilines is 1. The first-order valence-corrected chi connectivity index (χ1v) is 11.9. The van der Waals surface area contributed by atoms with Gasteiger partial charge in [-0.25, -0.2) is 0 Å². The summed E-state index contributed by atoms with van der Waals surface area (Å²) in [6.45, 7) is 5.50. The zero-order valence-corrected chi connectivity index (χ0v) is 17.7. The first-order valence-electron chi connectivity index (χ1n) is 11.9. The Balaban J connectivity index is 1.34. The lowest BCUT2D eigenvalue weighted by molar-refractivity contribution is -0.123. The fourth-order valence-electron chi connectivity index (χ4n) is 5.65. The van der Waals surface area contributed by atoms with Gasteiger partial charge in [0.2, 0.25) is 5.91 Å². The Bertz CT molecular complexity index is 657. The number of nitrogens with one attached hydrogen (secondary N) is 1. The van der Waals surface area contributed by atoms with Gasteiger partial charge in [-0.1, -0.05) is 38.3 Å². The molecule has 0 spiro atoms. The SMILES string of the molecule is CCCCC1CCC(C(=O)N2CCc3cc(CC4CCCNC4)ccc32)CC1. The van der Waals surface area contributed by atoms with Gasteiger partial charge < -0.3 is 10.2 Å². The largest absolute Gasteiger partial charge is 0.316 e. The molecule has 0 aromatic heterocycles. The molecule has 1 saturated heterocycles. The van der Waals surface area contributed by atoms with Gasteiger partial charge >= 0.3 is 0 Å². The second-order valence-electron chi connectivity index (χ2n) is 9.48. The first kappa shape index (κ1) is 19.9. The van der Waals surface area contributed by atoms with E-state index < -0.39 is 0 Å². The van der Waals surface area contributed by atoms with Crippen molar-refractivity contribution in [2.24, 2.45) is 17.8 Å². The van der Waals surface area contributed by atoms with Crippen molar-refractivity contribution in [2.75, 3.05) is 24.5 Å².